The summed E-state index contributed by atoms with van der Waals surface area (Å²) in [6.45, 7) is 5.16. The predicted molar refractivity (Wildman–Crippen MR) is 79.0 cm³/mol. The van der Waals surface area contributed by atoms with Crippen LogP contribution in [0.1, 0.15) is 36.9 Å². The molecule has 2 atom stereocenters. The molecule has 0 aliphatic carbocycles. The third kappa shape index (κ3) is 3.57. The van der Waals surface area contributed by atoms with Gasteiger partial charge in [-0.25, -0.2) is 8.42 Å². The molecule has 0 spiro atoms. The largest absolute Gasteiger partial charge is 0.310 e. The minimum absolute atomic E-state index is 0.165. The molecule has 3 nitrogen and oxygen atoms in total. The predicted octanol–water partition coefficient (Wildman–Crippen LogP) is 2.47. The Hall–Kier alpha value is -0.870. The number of nitrogens with one attached hydrogen (secondary N) is 1. The molecule has 19 heavy (non-hydrogen) atoms. The lowest BCUT2D eigenvalue weighted by Gasteiger charge is -2.26. The number of sulfone groups is 1. The average Bonchev–Trinajstić information content (AvgIpc) is 2.72. The first-order valence-electron chi connectivity index (χ1n) is 7.03. The van der Waals surface area contributed by atoms with Gasteiger partial charge in [-0.3, -0.25) is 0 Å². The summed E-state index contributed by atoms with van der Waals surface area (Å²) < 4.78 is 23.4. The number of rotatable bonds is 5. The molecular formula is C15H23NO2S. The van der Waals surface area contributed by atoms with E-state index in [4.69, 9.17) is 0 Å². The van der Waals surface area contributed by atoms with Crippen molar-refractivity contribution >= 4 is 9.84 Å². The van der Waals surface area contributed by atoms with Crippen molar-refractivity contribution in [2.24, 2.45) is 5.92 Å². The standard InChI is InChI=1S/C15H23NO2S/c1-3-9-16-15(13-8-10-19(17,18)11-13)14-7-5-4-6-12(14)2/h4-7,13,15-16H,3,8-11H2,1-2H3. The van der Waals surface area contributed by atoms with Crippen molar-refractivity contribution < 1.29 is 8.42 Å². The van der Waals surface area contributed by atoms with Gasteiger partial charge in [0, 0.05) is 6.04 Å². The molecule has 106 valence electrons. The number of hydrogen-bond donors (Lipinski definition) is 1. The van der Waals surface area contributed by atoms with Crippen molar-refractivity contribution in [3.05, 3.63) is 35.4 Å². The second kappa shape index (κ2) is 6.06. The molecule has 1 aliphatic heterocycles. The van der Waals surface area contributed by atoms with E-state index in [1.165, 1.54) is 11.1 Å². The molecule has 1 heterocycles. The summed E-state index contributed by atoms with van der Waals surface area (Å²) in [7, 11) is -2.83. The highest BCUT2D eigenvalue weighted by molar-refractivity contribution is 7.91. The van der Waals surface area contributed by atoms with Gasteiger partial charge in [0.1, 0.15) is 0 Å². The van der Waals surface area contributed by atoms with E-state index in [9.17, 15) is 8.42 Å². The topological polar surface area (TPSA) is 46.2 Å². The first-order valence-corrected chi connectivity index (χ1v) is 8.85. The summed E-state index contributed by atoms with van der Waals surface area (Å²) in [6.07, 6.45) is 1.83. The maximum absolute atomic E-state index is 11.7. The van der Waals surface area contributed by atoms with Crippen molar-refractivity contribution in [2.75, 3.05) is 18.1 Å². The van der Waals surface area contributed by atoms with Crippen LogP contribution in [0, 0.1) is 12.8 Å². The lowest BCUT2D eigenvalue weighted by Crippen LogP contribution is -2.30. The van der Waals surface area contributed by atoms with Crippen LogP contribution in [-0.2, 0) is 9.84 Å². The average molecular weight is 281 g/mol. The highest BCUT2D eigenvalue weighted by Gasteiger charge is 2.34. The molecule has 1 N–H and O–H groups in total. The Bertz CT molecular complexity index is 525. The Labute approximate surface area is 116 Å². The molecule has 0 amide bonds. The van der Waals surface area contributed by atoms with Gasteiger partial charge in [-0.15, -0.1) is 0 Å². The summed E-state index contributed by atoms with van der Waals surface area (Å²) >= 11 is 0. The third-order valence-electron chi connectivity index (χ3n) is 3.88. The molecule has 0 bridgehead atoms. The molecule has 1 aromatic carbocycles. The summed E-state index contributed by atoms with van der Waals surface area (Å²) in [5, 5.41) is 3.54. The Balaban J connectivity index is 2.24. The number of aryl methyl sites for hydroxylation is 1. The third-order valence-corrected chi connectivity index (χ3v) is 5.67. The van der Waals surface area contributed by atoms with Gasteiger partial charge >= 0.3 is 0 Å². The zero-order valence-corrected chi connectivity index (χ0v) is 12.5. The summed E-state index contributed by atoms with van der Waals surface area (Å²) in [6, 6.07) is 8.44. The SMILES string of the molecule is CCCNC(c1ccccc1C)C1CCS(=O)(=O)C1. The first kappa shape index (κ1) is 14.5. The Morgan fingerprint density at radius 1 is 1.37 bits per heavy atom. The molecule has 1 aliphatic rings. The van der Waals surface area contributed by atoms with E-state index in [1.54, 1.807) is 0 Å². The molecule has 1 aromatic rings. The van der Waals surface area contributed by atoms with E-state index in [1.807, 2.05) is 12.1 Å². The zero-order chi connectivity index (χ0) is 13.9. The normalized spacial score (nSPS) is 23.4. The van der Waals surface area contributed by atoms with Crippen LogP contribution in [0.15, 0.2) is 24.3 Å². The molecule has 1 saturated heterocycles. The molecule has 0 radical (unpaired) electrons. The van der Waals surface area contributed by atoms with E-state index in [2.05, 4.69) is 31.3 Å². The van der Waals surface area contributed by atoms with Crippen molar-refractivity contribution in [1.82, 2.24) is 5.32 Å². The molecular weight excluding hydrogens is 258 g/mol. The van der Waals surface area contributed by atoms with E-state index in [0.717, 1.165) is 19.4 Å². The second-order valence-corrected chi connectivity index (χ2v) is 7.68. The maximum atomic E-state index is 11.7. The molecule has 0 aromatic heterocycles. The second-order valence-electron chi connectivity index (χ2n) is 5.45. The molecule has 1 fully saturated rings. The minimum atomic E-state index is -2.83. The van der Waals surface area contributed by atoms with Crippen LogP contribution in [0.25, 0.3) is 0 Å². The van der Waals surface area contributed by atoms with Crippen LogP contribution in [0.5, 0.6) is 0 Å². The van der Waals surface area contributed by atoms with Gasteiger partial charge in [-0.2, -0.15) is 0 Å². The minimum Gasteiger partial charge on any atom is -0.310 e. The smallest absolute Gasteiger partial charge is 0.150 e. The summed E-state index contributed by atoms with van der Waals surface area (Å²) in [5.74, 6) is 0.869. The van der Waals surface area contributed by atoms with Gasteiger partial charge in [0.05, 0.1) is 11.5 Å². The van der Waals surface area contributed by atoms with Gasteiger partial charge in [0.25, 0.3) is 0 Å². The molecule has 4 heteroatoms. The van der Waals surface area contributed by atoms with Crippen molar-refractivity contribution in [3.63, 3.8) is 0 Å². The van der Waals surface area contributed by atoms with Crippen molar-refractivity contribution in [1.29, 1.82) is 0 Å². The monoisotopic (exact) mass is 281 g/mol. The Morgan fingerprint density at radius 3 is 2.68 bits per heavy atom. The highest BCUT2D eigenvalue weighted by atomic mass is 32.2. The van der Waals surface area contributed by atoms with Crippen LogP contribution < -0.4 is 5.32 Å². The molecule has 0 saturated carbocycles. The lowest BCUT2D eigenvalue weighted by molar-refractivity contribution is 0.391. The number of benzene rings is 1. The van der Waals surface area contributed by atoms with Crippen LogP contribution in [0.4, 0.5) is 0 Å². The Morgan fingerprint density at radius 2 is 2.11 bits per heavy atom. The van der Waals surface area contributed by atoms with E-state index < -0.39 is 9.84 Å². The first-order chi connectivity index (χ1) is 9.03. The zero-order valence-electron chi connectivity index (χ0n) is 11.7. The van der Waals surface area contributed by atoms with E-state index in [0.29, 0.717) is 11.5 Å². The highest BCUT2D eigenvalue weighted by Crippen LogP contribution is 2.32. The van der Waals surface area contributed by atoms with Gasteiger partial charge < -0.3 is 5.32 Å². The fourth-order valence-corrected chi connectivity index (χ4v) is 4.69. The van der Waals surface area contributed by atoms with Crippen molar-refractivity contribution in [3.8, 4) is 0 Å². The fraction of sp³-hybridized carbons (Fsp3) is 0.600. The van der Waals surface area contributed by atoms with E-state index in [-0.39, 0.29) is 12.0 Å². The van der Waals surface area contributed by atoms with Crippen LogP contribution in [0.2, 0.25) is 0 Å². The molecule has 2 unspecified atom stereocenters. The van der Waals surface area contributed by atoms with Gasteiger partial charge in [0.15, 0.2) is 9.84 Å². The van der Waals surface area contributed by atoms with Gasteiger partial charge in [-0.05, 0) is 43.4 Å². The number of hydrogen-bond acceptors (Lipinski definition) is 3. The molecule has 2 rings (SSSR count). The summed E-state index contributed by atoms with van der Waals surface area (Å²) in [5.41, 5.74) is 2.48. The van der Waals surface area contributed by atoms with Gasteiger partial charge in [-0.1, -0.05) is 31.2 Å². The Kier molecular flexibility index (Phi) is 4.63. The summed E-state index contributed by atoms with van der Waals surface area (Å²) in [4.78, 5) is 0. The van der Waals surface area contributed by atoms with Gasteiger partial charge in [0.2, 0.25) is 0 Å². The lowest BCUT2D eigenvalue weighted by atomic mass is 9.90. The van der Waals surface area contributed by atoms with Crippen LogP contribution in [-0.4, -0.2) is 26.5 Å². The maximum Gasteiger partial charge on any atom is 0.150 e. The van der Waals surface area contributed by atoms with E-state index >= 15 is 0 Å². The van der Waals surface area contributed by atoms with Crippen LogP contribution in [0.3, 0.4) is 0 Å². The van der Waals surface area contributed by atoms with Crippen LogP contribution >= 0.6 is 0 Å². The quantitative estimate of drug-likeness (QED) is 0.902. The fourth-order valence-electron chi connectivity index (χ4n) is 2.85. The van der Waals surface area contributed by atoms with Crippen molar-refractivity contribution in [2.45, 2.75) is 32.7 Å².